The number of nitrogens with zero attached hydrogens (tertiary/aromatic N) is 6. The summed E-state index contributed by atoms with van der Waals surface area (Å²) in [6.45, 7) is 1.86. The average molecular weight is 492 g/mol. The van der Waals surface area contributed by atoms with Crippen LogP contribution in [0.25, 0.3) is 28.0 Å². The molecule has 6 rings (SSSR count). The average Bonchev–Trinajstić information content (AvgIpc) is 3.52. The van der Waals surface area contributed by atoms with Gasteiger partial charge in [-0.1, -0.05) is 48.5 Å². The third-order valence-corrected chi connectivity index (χ3v) is 5.78. The van der Waals surface area contributed by atoms with Crippen LogP contribution < -0.4 is 15.0 Å². The van der Waals surface area contributed by atoms with Crippen LogP contribution in [0.4, 0.5) is 11.5 Å². The van der Waals surface area contributed by atoms with E-state index in [1.54, 1.807) is 10.9 Å². The highest BCUT2D eigenvalue weighted by atomic mass is 16.8. The first kappa shape index (κ1) is 22.2. The van der Waals surface area contributed by atoms with Crippen molar-refractivity contribution in [1.29, 1.82) is 0 Å². The van der Waals surface area contributed by atoms with Crippen molar-refractivity contribution in [2.24, 2.45) is 0 Å². The lowest BCUT2D eigenvalue weighted by atomic mass is 10.1. The standard InChI is InChI=1S/C27H21N7O3/c1-18-29-26(23-16-28-33(27(23)30-18)21-10-6-3-7-11-21)31-20-12-14-22(15-13-20)36-17-24-25(32-37-34(24)35)19-8-4-2-5-9-19/h2-16H,17H2,1H3,(H,29,30,31). The van der Waals surface area contributed by atoms with Gasteiger partial charge in [-0.05, 0) is 48.2 Å². The highest BCUT2D eigenvalue weighted by Crippen LogP contribution is 2.27. The van der Waals surface area contributed by atoms with Gasteiger partial charge >= 0.3 is 0 Å². The Morgan fingerprint density at radius 2 is 1.68 bits per heavy atom. The molecule has 0 aliphatic carbocycles. The van der Waals surface area contributed by atoms with Crippen LogP contribution in [0.1, 0.15) is 11.5 Å². The van der Waals surface area contributed by atoms with E-state index in [1.807, 2.05) is 91.9 Å². The quantitative estimate of drug-likeness (QED) is 0.318. The molecule has 0 atom stereocenters. The van der Waals surface area contributed by atoms with E-state index in [2.05, 4.69) is 25.5 Å². The van der Waals surface area contributed by atoms with Crippen molar-refractivity contribution in [3.05, 3.63) is 108 Å². The minimum absolute atomic E-state index is 0.00833. The molecule has 0 amide bonds. The van der Waals surface area contributed by atoms with E-state index in [0.717, 1.165) is 28.0 Å². The van der Waals surface area contributed by atoms with E-state index in [4.69, 9.17) is 9.37 Å². The smallest absolute Gasteiger partial charge is 0.255 e. The van der Waals surface area contributed by atoms with Gasteiger partial charge in [0.15, 0.2) is 12.3 Å². The van der Waals surface area contributed by atoms with E-state index in [9.17, 15) is 5.21 Å². The molecule has 3 heterocycles. The summed E-state index contributed by atoms with van der Waals surface area (Å²) >= 11 is 0. The Balaban J connectivity index is 1.20. The Labute approximate surface area is 211 Å². The Bertz CT molecular complexity index is 1660. The zero-order chi connectivity index (χ0) is 25.2. The van der Waals surface area contributed by atoms with Crippen LogP contribution in [0.15, 0.2) is 95.8 Å². The molecule has 3 aromatic carbocycles. The lowest BCUT2D eigenvalue weighted by Crippen LogP contribution is -2.29. The molecule has 10 heteroatoms. The molecule has 0 saturated heterocycles. The highest BCUT2D eigenvalue weighted by molar-refractivity contribution is 5.89. The lowest BCUT2D eigenvalue weighted by Gasteiger charge is -2.10. The maximum Gasteiger partial charge on any atom is 0.255 e. The van der Waals surface area contributed by atoms with Crippen LogP contribution >= 0.6 is 0 Å². The maximum absolute atomic E-state index is 12.1. The highest BCUT2D eigenvalue weighted by Gasteiger charge is 2.21. The molecule has 3 aromatic heterocycles. The summed E-state index contributed by atoms with van der Waals surface area (Å²) in [5, 5.41) is 24.6. The van der Waals surface area contributed by atoms with E-state index in [1.165, 1.54) is 0 Å². The van der Waals surface area contributed by atoms with Crippen molar-refractivity contribution in [2.75, 3.05) is 5.32 Å². The fourth-order valence-corrected chi connectivity index (χ4v) is 4.00. The van der Waals surface area contributed by atoms with Crippen molar-refractivity contribution in [1.82, 2.24) is 24.9 Å². The number of nitrogens with one attached hydrogen (secondary N) is 1. The molecule has 0 bridgehead atoms. The first-order chi connectivity index (χ1) is 18.2. The molecule has 0 saturated carbocycles. The molecule has 0 radical (unpaired) electrons. The topological polar surface area (TPSA) is 118 Å². The first-order valence-electron chi connectivity index (χ1n) is 11.6. The monoisotopic (exact) mass is 491 g/mol. The number of para-hydroxylation sites is 1. The molecule has 0 aliphatic heterocycles. The summed E-state index contributed by atoms with van der Waals surface area (Å²) in [4.78, 5) is 9.56. The number of hydrogen-bond donors (Lipinski definition) is 1. The van der Waals surface area contributed by atoms with Gasteiger partial charge in [-0.25, -0.2) is 14.6 Å². The normalized spacial score (nSPS) is 11.1. The zero-order valence-corrected chi connectivity index (χ0v) is 19.8. The molecule has 0 fully saturated rings. The number of hydrogen-bond acceptors (Lipinski definition) is 8. The Morgan fingerprint density at radius 3 is 2.43 bits per heavy atom. The fraction of sp³-hybridized carbons (Fsp3) is 0.0741. The third-order valence-electron chi connectivity index (χ3n) is 5.78. The van der Waals surface area contributed by atoms with Gasteiger partial charge in [0.1, 0.15) is 17.4 Å². The summed E-state index contributed by atoms with van der Waals surface area (Å²) in [6.07, 6.45) is 1.75. The van der Waals surface area contributed by atoms with Gasteiger partial charge in [0.05, 0.1) is 17.3 Å². The van der Waals surface area contributed by atoms with E-state index in [0.29, 0.717) is 33.7 Å². The second-order valence-corrected chi connectivity index (χ2v) is 8.28. The van der Waals surface area contributed by atoms with Crippen molar-refractivity contribution in [2.45, 2.75) is 13.5 Å². The van der Waals surface area contributed by atoms with Crippen molar-refractivity contribution in [3.63, 3.8) is 0 Å². The van der Waals surface area contributed by atoms with E-state index in [-0.39, 0.29) is 6.61 Å². The zero-order valence-electron chi connectivity index (χ0n) is 19.8. The minimum atomic E-state index is 0.00833. The predicted molar refractivity (Wildman–Crippen MR) is 136 cm³/mol. The van der Waals surface area contributed by atoms with Crippen LogP contribution in [0.5, 0.6) is 5.75 Å². The third kappa shape index (κ3) is 4.43. The second kappa shape index (κ2) is 9.42. The number of anilines is 2. The van der Waals surface area contributed by atoms with Gasteiger partial charge in [-0.2, -0.15) is 5.10 Å². The van der Waals surface area contributed by atoms with Crippen LogP contribution in [0.2, 0.25) is 0 Å². The van der Waals surface area contributed by atoms with Crippen LogP contribution in [-0.2, 0) is 6.61 Å². The lowest BCUT2D eigenvalue weighted by molar-refractivity contribution is -0.808. The summed E-state index contributed by atoms with van der Waals surface area (Å²) in [6, 6.07) is 26.6. The first-order valence-corrected chi connectivity index (χ1v) is 11.6. The van der Waals surface area contributed by atoms with Gasteiger partial charge in [0.2, 0.25) is 5.69 Å². The summed E-state index contributed by atoms with van der Waals surface area (Å²) < 4.78 is 12.4. The minimum Gasteiger partial charge on any atom is -0.485 e. The number of fused-ring (bicyclic) bond motifs is 1. The SMILES string of the molecule is Cc1nc(Nc2ccc(OCc3c(-c4ccccc4)no[n+]3[O-])cc2)c2cnn(-c3ccccc3)c2n1. The van der Waals surface area contributed by atoms with Gasteiger partial charge in [0.25, 0.3) is 5.69 Å². The molecule has 6 aromatic rings. The molecule has 0 unspecified atom stereocenters. The predicted octanol–water partition coefficient (Wildman–Crippen LogP) is 4.73. The Kier molecular flexibility index (Phi) is 5.66. The molecule has 0 aliphatic rings. The molecule has 10 nitrogen and oxygen atoms in total. The van der Waals surface area contributed by atoms with E-state index < -0.39 is 0 Å². The molecule has 182 valence electrons. The summed E-state index contributed by atoms with van der Waals surface area (Å²) in [7, 11) is 0. The molecule has 1 N–H and O–H groups in total. The summed E-state index contributed by atoms with van der Waals surface area (Å²) in [5.41, 5.74) is 3.98. The van der Waals surface area contributed by atoms with Gasteiger partial charge < -0.3 is 15.3 Å². The Morgan fingerprint density at radius 1 is 0.946 bits per heavy atom. The number of aromatic nitrogens is 6. The van der Waals surface area contributed by atoms with Gasteiger partial charge in [0, 0.05) is 16.4 Å². The number of rotatable bonds is 7. The van der Waals surface area contributed by atoms with Crippen LogP contribution in [0.3, 0.4) is 0 Å². The molecule has 37 heavy (non-hydrogen) atoms. The van der Waals surface area contributed by atoms with Gasteiger partial charge in [-0.3, -0.25) is 4.63 Å². The van der Waals surface area contributed by atoms with Crippen molar-refractivity contribution >= 4 is 22.5 Å². The largest absolute Gasteiger partial charge is 0.485 e. The molecule has 0 spiro atoms. The summed E-state index contributed by atoms with van der Waals surface area (Å²) in [5.74, 6) is 1.87. The number of ether oxygens (including phenoxy) is 1. The molecular formula is C27H21N7O3. The van der Waals surface area contributed by atoms with Gasteiger partial charge in [-0.15, -0.1) is 0 Å². The van der Waals surface area contributed by atoms with Crippen LogP contribution in [0, 0.1) is 12.1 Å². The maximum atomic E-state index is 12.1. The van der Waals surface area contributed by atoms with Crippen molar-refractivity contribution < 1.29 is 14.3 Å². The number of benzene rings is 3. The van der Waals surface area contributed by atoms with E-state index >= 15 is 0 Å². The fourth-order valence-electron chi connectivity index (χ4n) is 4.00. The molecular weight excluding hydrogens is 470 g/mol. The Hall–Kier alpha value is -5.25. The van der Waals surface area contributed by atoms with Crippen molar-refractivity contribution in [3.8, 4) is 22.7 Å². The van der Waals surface area contributed by atoms with Crippen LogP contribution in [-0.4, -0.2) is 24.9 Å². The number of aryl methyl sites for hydroxylation is 1. The second-order valence-electron chi connectivity index (χ2n) is 8.28.